The number of carbonyl (C=O) groups is 1. The first-order chi connectivity index (χ1) is 10.6. The molecule has 0 aliphatic carbocycles. The van der Waals surface area contributed by atoms with Crippen LogP contribution in [-0.2, 0) is 13.5 Å². The molecule has 0 aliphatic rings. The van der Waals surface area contributed by atoms with Gasteiger partial charge in [0, 0.05) is 37.8 Å². The normalized spacial score (nSPS) is 10.8. The molecule has 22 heavy (non-hydrogen) atoms. The van der Waals surface area contributed by atoms with Gasteiger partial charge in [0.25, 0.3) is 11.5 Å². The SMILES string of the molecule is Cn1ccc(C(=O)NCCc2nc3ccccc3s2)cc1=O. The number of para-hydroxylation sites is 1. The number of rotatable bonds is 4. The Labute approximate surface area is 131 Å². The van der Waals surface area contributed by atoms with E-state index in [4.69, 9.17) is 0 Å². The molecule has 6 heteroatoms. The molecule has 0 bridgehead atoms. The summed E-state index contributed by atoms with van der Waals surface area (Å²) in [6.07, 6.45) is 2.26. The number of nitrogens with one attached hydrogen (secondary N) is 1. The van der Waals surface area contributed by atoms with Gasteiger partial charge >= 0.3 is 0 Å². The number of fused-ring (bicyclic) bond motifs is 1. The highest BCUT2D eigenvalue weighted by atomic mass is 32.1. The number of thiazole rings is 1. The molecule has 3 rings (SSSR count). The third kappa shape index (κ3) is 3.07. The predicted molar refractivity (Wildman–Crippen MR) is 87.3 cm³/mol. The van der Waals surface area contributed by atoms with E-state index in [0.717, 1.165) is 15.2 Å². The molecule has 2 aromatic heterocycles. The van der Waals surface area contributed by atoms with Gasteiger partial charge in [0.1, 0.15) is 0 Å². The van der Waals surface area contributed by atoms with Crippen LogP contribution in [0, 0.1) is 0 Å². The molecule has 0 fully saturated rings. The second kappa shape index (κ2) is 6.11. The maximum absolute atomic E-state index is 12.0. The zero-order chi connectivity index (χ0) is 15.5. The summed E-state index contributed by atoms with van der Waals surface area (Å²) >= 11 is 1.63. The number of hydrogen-bond acceptors (Lipinski definition) is 4. The second-order valence-corrected chi connectivity index (χ2v) is 6.06. The third-order valence-corrected chi connectivity index (χ3v) is 4.43. The second-order valence-electron chi connectivity index (χ2n) is 4.95. The lowest BCUT2D eigenvalue weighted by Gasteiger charge is -2.04. The van der Waals surface area contributed by atoms with Gasteiger partial charge in [-0.05, 0) is 18.2 Å². The molecule has 3 aromatic rings. The van der Waals surface area contributed by atoms with Gasteiger partial charge in [-0.1, -0.05) is 12.1 Å². The van der Waals surface area contributed by atoms with Crippen molar-refractivity contribution in [3.63, 3.8) is 0 Å². The first kappa shape index (κ1) is 14.5. The number of carbonyl (C=O) groups excluding carboxylic acids is 1. The van der Waals surface area contributed by atoms with Gasteiger partial charge in [-0.25, -0.2) is 4.98 Å². The van der Waals surface area contributed by atoms with Gasteiger partial charge in [-0.2, -0.15) is 0 Å². The molecule has 0 saturated carbocycles. The quantitative estimate of drug-likeness (QED) is 0.801. The minimum Gasteiger partial charge on any atom is -0.352 e. The zero-order valence-corrected chi connectivity index (χ0v) is 12.9. The maximum atomic E-state index is 12.0. The fraction of sp³-hybridized carbons (Fsp3) is 0.188. The number of nitrogens with zero attached hydrogens (tertiary/aromatic N) is 2. The van der Waals surface area contributed by atoms with Crippen molar-refractivity contribution in [2.75, 3.05) is 6.54 Å². The van der Waals surface area contributed by atoms with Crippen molar-refractivity contribution in [1.82, 2.24) is 14.9 Å². The van der Waals surface area contributed by atoms with Crippen molar-refractivity contribution in [3.8, 4) is 0 Å². The molecule has 1 amide bonds. The minimum atomic E-state index is -0.237. The smallest absolute Gasteiger partial charge is 0.251 e. The fourth-order valence-corrected chi connectivity index (χ4v) is 3.07. The Morgan fingerprint density at radius 2 is 2.14 bits per heavy atom. The van der Waals surface area contributed by atoms with Crippen molar-refractivity contribution in [1.29, 1.82) is 0 Å². The summed E-state index contributed by atoms with van der Waals surface area (Å²) in [5, 5.41) is 3.81. The van der Waals surface area contributed by atoms with Crippen LogP contribution in [0.5, 0.6) is 0 Å². The predicted octanol–water partition coefficient (Wildman–Crippen LogP) is 1.97. The van der Waals surface area contributed by atoms with Crippen LogP contribution in [-0.4, -0.2) is 22.0 Å². The van der Waals surface area contributed by atoms with Crippen LogP contribution in [0.3, 0.4) is 0 Å². The monoisotopic (exact) mass is 313 g/mol. The van der Waals surface area contributed by atoms with Gasteiger partial charge < -0.3 is 9.88 Å². The molecule has 0 unspecified atom stereocenters. The van der Waals surface area contributed by atoms with E-state index < -0.39 is 0 Å². The van der Waals surface area contributed by atoms with Gasteiger partial charge in [0.05, 0.1) is 15.2 Å². The van der Waals surface area contributed by atoms with Crippen molar-refractivity contribution >= 4 is 27.5 Å². The van der Waals surface area contributed by atoms with E-state index in [1.165, 1.54) is 10.6 Å². The molecule has 0 saturated heterocycles. The summed E-state index contributed by atoms with van der Waals surface area (Å²) in [4.78, 5) is 28.0. The van der Waals surface area contributed by atoms with Crippen LogP contribution in [0.2, 0.25) is 0 Å². The Bertz CT molecular complexity index is 849. The summed E-state index contributed by atoms with van der Waals surface area (Å²) < 4.78 is 2.58. The van der Waals surface area contributed by atoms with E-state index in [1.807, 2.05) is 24.3 Å². The largest absolute Gasteiger partial charge is 0.352 e. The minimum absolute atomic E-state index is 0.196. The van der Waals surface area contributed by atoms with Crippen LogP contribution in [0.1, 0.15) is 15.4 Å². The van der Waals surface area contributed by atoms with E-state index in [0.29, 0.717) is 18.5 Å². The molecule has 0 atom stereocenters. The lowest BCUT2D eigenvalue weighted by molar-refractivity contribution is 0.0954. The Kier molecular flexibility index (Phi) is 4.02. The summed E-state index contributed by atoms with van der Waals surface area (Å²) in [6.45, 7) is 0.494. The summed E-state index contributed by atoms with van der Waals surface area (Å²) in [6, 6.07) is 10.9. The number of benzene rings is 1. The highest BCUT2D eigenvalue weighted by Crippen LogP contribution is 2.21. The molecule has 2 heterocycles. The number of hydrogen-bond donors (Lipinski definition) is 1. The summed E-state index contributed by atoms with van der Waals surface area (Å²) in [7, 11) is 1.65. The molecule has 1 N–H and O–H groups in total. The van der Waals surface area contributed by atoms with E-state index in [2.05, 4.69) is 10.3 Å². The van der Waals surface area contributed by atoms with Crippen molar-refractivity contribution in [2.24, 2.45) is 7.05 Å². The number of amides is 1. The molecule has 0 aliphatic heterocycles. The maximum Gasteiger partial charge on any atom is 0.251 e. The lowest BCUT2D eigenvalue weighted by atomic mass is 10.2. The molecule has 0 radical (unpaired) electrons. The summed E-state index contributed by atoms with van der Waals surface area (Å²) in [5.41, 5.74) is 1.17. The van der Waals surface area contributed by atoms with Crippen LogP contribution in [0.4, 0.5) is 0 Å². The number of aryl methyl sites for hydroxylation is 1. The molecule has 0 spiro atoms. The van der Waals surface area contributed by atoms with Crippen LogP contribution >= 0.6 is 11.3 Å². The van der Waals surface area contributed by atoms with Gasteiger partial charge in [-0.3, -0.25) is 9.59 Å². The first-order valence-electron chi connectivity index (χ1n) is 6.93. The Hall–Kier alpha value is -2.47. The zero-order valence-electron chi connectivity index (χ0n) is 12.1. The Morgan fingerprint density at radius 3 is 2.91 bits per heavy atom. The molecule has 112 valence electrons. The van der Waals surface area contributed by atoms with E-state index in [9.17, 15) is 9.59 Å². The third-order valence-electron chi connectivity index (χ3n) is 3.33. The lowest BCUT2D eigenvalue weighted by Crippen LogP contribution is -2.27. The summed E-state index contributed by atoms with van der Waals surface area (Å²) in [5.74, 6) is -0.237. The van der Waals surface area contributed by atoms with Gasteiger partial charge in [0.2, 0.25) is 0 Å². The van der Waals surface area contributed by atoms with Crippen molar-refractivity contribution in [2.45, 2.75) is 6.42 Å². The van der Waals surface area contributed by atoms with E-state index >= 15 is 0 Å². The molecule has 1 aromatic carbocycles. The highest BCUT2D eigenvalue weighted by Gasteiger charge is 2.07. The number of aromatic nitrogens is 2. The average Bonchev–Trinajstić information content (AvgIpc) is 2.92. The van der Waals surface area contributed by atoms with Crippen molar-refractivity contribution < 1.29 is 4.79 Å². The van der Waals surface area contributed by atoms with Gasteiger partial charge in [-0.15, -0.1) is 11.3 Å². The molecular formula is C16H15N3O2S. The molecule has 5 nitrogen and oxygen atoms in total. The van der Waals surface area contributed by atoms with Crippen molar-refractivity contribution in [3.05, 3.63) is 63.5 Å². The molecular weight excluding hydrogens is 298 g/mol. The standard InChI is InChI=1S/C16H15N3O2S/c1-19-9-7-11(10-15(19)20)16(21)17-8-6-14-18-12-4-2-3-5-13(12)22-14/h2-5,7,9-10H,6,8H2,1H3,(H,17,21). The number of pyridine rings is 1. The Balaban J connectivity index is 1.61. The topological polar surface area (TPSA) is 64.0 Å². The fourth-order valence-electron chi connectivity index (χ4n) is 2.10. The first-order valence-corrected chi connectivity index (χ1v) is 7.74. The van der Waals surface area contributed by atoms with Crippen LogP contribution < -0.4 is 10.9 Å². The van der Waals surface area contributed by atoms with Crippen LogP contribution in [0.25, 0.3) is 10.2 Å². The van der Waals surface area contributed by atoms with Crippen LogP contribution in [0.15, 0.2) is 47.4 Å². The van der Waals surface area contributed by atoms with E-state index in [-0.39, 0.29) is 11.5 Å². The highest BCUT2D eigenvalue weighted by molar-refractivity contribution is 7.18. The average molecular weight is 313 g/mol. The van der Waals surface area contributed by atoms with Gasteiger partial charge in [0.15, 0.2) is 0 Å². The van der Waals surface area contributed by atoms with E-state index in [1.54, 1.807) is 30.6 Å². The Morgan fingerprint density at radius 1 is 1.32 bits per heavy atom.